The van der Waals surface area contributed by atoms with Gasteiger partial charge in [-0.2, -0.15) is 5.10 Å². The summed E-state index contributed by atoms with van der Waals surface area (Å²) in [6.45, 7) is 2.10. The van der Waals surface area contributed by atoms with Crippen LogP contribution < -0.4 is 5.43 Å². The molecule has 3 rings (SSSR count). The van der Waals surface area contributed by atoms with Crippen LogP contribution in [0.5, 0.6) is 0 Å². The molecule has 3 aromatic rings. The Morgan fingerprint density at radius 2 is 1.73 bits per heavy atom. The molecule has 1 N–H and O–H groups in total. The average Bonchev–Trinajstić information content (AvgIpc) is 3.05. The number of allylic oxidation sites excluding steroid dienone is 1. The van der Waals surface area contributed by atoms with Gasteiger partial charge in [0.1, 0.15) is 0 Å². The summed E-state index contributed by atoms with van der Waals surface area (Å²) < 4.78 is 0. The SMILES string of the molecule is C/C(=C\c1csc(/C=N/Nc2c(Cl)cc(Cl)cc2Cl)c1)c1ccccc1. The fourth-order valence-electron chi connectivity index (χ4n) is 2.36. The highest BCUT2D eigenvalue weighted by Gasteiger charge is 2.06. The molecule has 0 aliphatic carbocycles. The number of nitrogens with zero attached hydrogens (tertiary/aromatic N) is 1. The van der Waals surface area contributed by atoms with Crippen LogP contribution in [-0.4, -0.2) is 6.21 Å². The minimum atomic E-state index is 0.424. The number of benzene rings is 2. The third kappa shape index (κ3) is 4.89. The summed E-state index contributed by atoms with van der Waals surface area (Å²) in [4.78, 5) is 1.02. The van der Waals surface area contributed by atoms with Crippen molar-refractivity contribution in [2.24, 2.45) is 5.10 Å². The van der Waals surface area contributed by atoms with E-state index in [9.17, 15) is 0 Å². The second-order valence-electron chi connectivity index (χ2n) is 5.59. The predicted octanol–water partition coefficient (Wildman–Crippen LogP) is 7.71. The quantitative estimate of drug-likeness (QED) is 0.331. The first-order valence-corrected chi connectivity index (χ1v) is 9.80. The van der Waals surface area contributed by atoms with E-state index in [0.29, 0.717) is 20.8 Å². The molecule has 1 aromatic heterocycles. The maximum Gasteiger partial charge on any atom is 0.0935 e. The third-order valence-electron chi connectivity index (χ3n) is 3.63. The van der Waals surface area contributed by atoms with Crippen molar-refractivity contribution in [1.82, 2.24) is 0 Å². The van der Waals surface area contributed by atoms with Crippen LogP contribution in [-0.2, 0) is 0 Å². The van der Waals surface area contributed by atoms with E-state index in [4.69, 9.17) is 34.8 Å². The average molecular weight is 422 g/mol. The van der Waals surface area contributed by atoms with Crippen molar-refractivity contribution in [3.05, 3.63) is 85.0 Å². The number of nitrogens with one attached hydrogen (secondary N) is 1. The van der Waals surface area contributed by atoms with Gasteiger partial charge < -0.3 is 0 Å². The van der Waals surface area contributed by atoms with Crippen LogP contribution in [0.25, 0.3) is 11.6 Å². The van der Waals surface area contributed by atoms with Gasteiger partial charge in [-0.1, -0.05) is 71.2 Å². The molecule has 0 spiro atoms. The Bertz CT molecular complexity index is 939. The van der Waals surface area contributed by atoms with Gasteiger partial charge in [0.2, 0.25) is 0 Å². The molecule has 0 unspecified atom stereocenters. The van der Waals surface area contributed by atoms with Gasteiger partial charge in [-0.25, -0.2) is 0 Å². The first kappa shape index (κ1) is 19.0. The third-order valence-corrected chi connectivity index (χ3v) is 5.33. The smallest absolute Gasteiger partial charge is 0.0935 e. The number of hydrazone groups is 1. The number of hydrogen-bond donors (Lipinski definition) is 1. The summed E-state index contributed by atoms with van der Waals surface area (Å²) in [5.74, 6) is 0. The van der Waals surface area contributed by atoms with Crippen molar-refractivity contribution < 1.29 is 0 Å². The standard InChI is InChI=1S/C20H15Cl3N2S/c1-13(15-5-3-2-4-6-15)7-14-8-17(26-12-14)11-24-25-20-18(22)9-16(21)10-19(20)23/h2-12,25H,1H3/b13-7+,24-11+. The normalized spacial score (nSPS) is 11.9. The molecule has 0 saturated heterocycles. The van der Waals surface area contributed by atoms with Crippen molar-refractivity contribution in [1.29, 1.82) is 0 Å². The Morgan fingerprint density at radius 3 is 2.42 bits per heavy atom. The molecule has 132 valence electrons. The van der Waals surface area contributed by atoms with Gasteiger partial charge in [0.25, 0.3) is 0 Å². The highest BCUT2D eigenvalue weighted by atomic mass is 35.5. The van der Waals surface area contributed by atoms with E-state index in [0.717, 1.165) is 10.4 Å². The molecule has 0 atom stereocenters. The molecule has 1 heterocycles. The van der Waals surface area contributed by atoms with E-state index in [1.54, 1.807) is 29.7 Å². The topological polar surface area (TPSA) is 24.4 Å². The Labute approximate surface area is 171 Å². The highest BCUT2D eigenvalue weighted by Crippen LogP contribution is 2.33. The van der Waals surface area contributed by atoms with Crippen LogP contribution >= 0.6 is 46.1 Å². The van der Waals surface area contributed by atoms with Crippen LogP contribution in [0.2, 0.25) is 15.1 Å². The van der Waals surface area contributed by atoms with Gasteiger partial charge in [-0.3, -0.25) is 5.43 Å². The van der Waals surface area contributed by atoms with Gasteiger partial charge >= 0.3 is 0 Å². The first-order chi connectivity index (χ1) is 12.5. The Kier molecular flexibility index (Phi) is 6.38. The van der Waals surface area contributed by atoms with E-state index >= 15 is 0 Å². The molecule has 26 heavy (non-hydrogen) atoms. The summed E-state index contributed by atoms with van der Waals surface area (Å²) in [5.41, 5.74) is 6.97. The van der Waals surface area contributed by atoms with E-state index in [1.165, 1.54) is 11.1 Å². The molecule has 0 aliphatic heterocycles. The van der Waals surface area contributed by atoms with Gasteiger partial charge in [-0.05, 0) is 47.2 Å². The Morgan fingerprint density at radius 1 is 1.04 bits per heavy atom. The molecular weight excluding hydrogens is 407 g/mol. The van der Waals surface area contributed by atoms with Crippen LogP contribution in [0, 0.1) is 0 Å². The fraction of sp³-hybridized carbons (Fsp3) is 0.0500. The van der Waals surface area contributed by atoms with Gasteiger partial charge in [0.05, 0.1) is 21.9 Å². The van der Waals surface area contributed by atoms with Crippen molar-refractivity contribution in [3.8, 4) is 0 Å². The monoisotopic (exact) mass is 420 g/mol. The second-order valence-corrected chi connectivity index (χ2v) is 7.78. The minimum Gasteiger partial charge on any atom is -0.275 e. The maximum absolute atomic E-state index is 6.13. The zero-order chi connectivity index (χ0) is 18.5. The summed E-state index contributed by atoms with van der Waals surface area (Å²) >= 11 is 19.8. The predicted molar refractivity (Wildman–Crippen MR) is 117 cm³/mol. The molecule has 2 nitrogen and oxygen atoms in total. The zero-order valence-corrected chi connectivity index (χ0v) is 16.9. The molecule has 0 bridgehead atoms. The first-order valence-electron chi connectivity index (χ1n) is 7.79. The molecule has 0 fully saturated rings. The van der Waals surface area contributed by atoms with Crippen LogP contribution in [0.15, 0.2) is 59.0 Å². The summed E-state index contributed by atoms with van der Waals surface area (Å²) in [6, 6.07) is 15.6. The van der Waals surface area contributed by atoms with Crippen molar-refractivity contribution in [2.45, 2.75) is 6.92 Å². The number of anilines is 1. The van der Waals surface area contributed by atoms with Crippen LogP contribution in [0.4, 0.5) is 5.69 Å². The second kappa shape index (κ2) is 8.74. The van der Waals surface area contributed by atoms with Gasteiger partial charge in [0, 0.05) is 9.90 Å². The minimum absolute atomic E-state index is 0.424. The van der Waals surface area contributed by atoms with Gasteiger partial charge in [0.15, 0.2) is 0 Å². The van der Waals surface area contributed by atoms with Gasteiger partial charge in [-0.15, -0.1) is 11.3 Å². The molecule has 0 aliphatic rings. The lowest BCUT2D eigenvalue weighted by molar-refractivity contribution is 1.35. The molecular formula is C20H15Cl3N2S. The Hall–Kier alpha value is -1.78. The van der Waals surface area contributed by atoms with Crippen molar-refractivity contribution in [3.63, 3.8) is 0 Å². The number of thiophene rings is 1. The summed E-state index contributed by atoms with van der Waals surface area (Å²) in [7, 11) is 0. The molecule has 0 amide bonds. The summed E-state index contributed by atoms with van der Waals surface area (Å²) in [5, 5.41) is 7.64. The largest absolute Gasteiger partial charge is 0.275 e. The van der Waals surface area contributed by atoms with Crippen LogP contribution in [0.3, 0.4) is 0 Å². The van der Waals surface area contributed by atoms with E-state index < -0.39 is 0 Å². The van der Waals surface area contributed by atoms with Crippen molar-refractivity contribution >= 4 is 69.7 Å². The number of rotatable bonds is 5. The van der Waals surface area contributed by atoms with Crippen molar-refractivity contribution in [2.75, 3.05) is 5.43 Å². The number of hydrogen-bond acceptors (Lipinski definition) is 3. The van der Waals surface area contributed by atoms with E-state index in [2.05, 4.69) is 47.1 Å². The highest BCUT2D eigenvalue weighted by molar-refractivity contribution is 7.12. The maximum atomic E-state index is 6.13. The van der Waals surface area contributed by atoms with E-state index in [1.807, 2.05) is 18.2 Å². The lowest BCUT2D eigenvalue weighted by Crippen LogP contribution is -1.91. The fourth-order valence-corrected chi connectivity index (χ4v) is 3.98. The van der Waals surface area contributed by atoms with Crippen LogP contribution in [0.1, 0.15) is 22.9 Å². The molecule has 0 radical (unpaired) electrons. The molecule has 6 heteroatoms. The lowest BCUT2D eigenvalue weighted by Gasteiger charge is -2.06. The number of halogens is 3. The molecule has 2 aromatic carbocycles. The zero-order valence-electron chi connectivity index (χ0n) is 13.8. The lowest BCUT2D eigenvalue weighted by atomic mass is 10.1. The molecule has 0 saturated carbocycles. The Balaban J connectivity index is 1.70. The van der Waals surface area contributed by atoms with E-state index in [-0.39, 0.29) is 0 Å². The summed E-state index contributed by atoms with van der Waals surface area (Å²) in [6.07, 6.45) is 3.89.